The third kappa shape index (κ3) is 5.99. The second-order valence-electron chi connectivity index (χ2n) is 12.2. The predicted molar refractivity (Wildman–Crippen MR) is 180 cm³/mol. The zero-order valence-corrected chi connectivity index (χ0v) is 27.3. The van der Waals surface area contributed by atoms with E-state index in [2.05, 4.69) is 83.7 Å². The first-order valence-electron chi connectivity index (χ1n) is 16.0. The molecule has 0 atom stereocenters. The van der Waals surface area contributed by atoms with Crippen molar-refractivity contribution in [3.63, 3.8) is 0 Å². The van der Waals surface area contributed by atoms with Crippen molar-refractivity contribution in [2.24, 2.45) is 7.05 Å². The van der Waals surface area contributed by atoms with Crippen LogP contribution in [0.5, 0.6) is 5.75 Å². The number of ether oxygens (including phenoxy) is 1. The number of nitrogens with zero attached hydrogens (tertiary/aromatic N) is 6. The molecule has 0 radical (unpaired) electrons. The van der Waals surface area contributed by atoms with E-state index in [1.165, 1.54) is 0 Å². The molecule has 10 heteroatoms. The number of carbonyl (C=O) groups excluding carboxylic acids is 1. The van der Waals surface area contributed by atoms with Crippen molar-refractivity contribution in [1.29, 1.82) is 0 Å². The van der Waals surface area contributed by atoms with E-state index in [1.54, 1.807) is 11.8 Å². The van der Waals surface area contributed by atoms with Crippen molar-refractivity contribution in [1.82, 2.24) is 24.6 Å². The number of aromatic nitrogens is 4. The van der Waals surface area contributed by atoms with E-state index in [-0.39, 0.29) is 5.91 Å². The first-order valence-corrected chi connectivity index (χ1v) is 16.0. The van der Waals surface area contributed by atoms with Crippen molar-refractivity contribution in [2.45, 2.75) is 58.4 Å². The molecule has 1 saturated heterocycles. The van der Waals surface area contributed by atoms with Gasteiger partial charge in [-0.25, -0.2) is 9.97 Å². The number of hydrogen-bond acceptors (Lipinski definition) is 8. The molecule has 0 spiro atoms. The number of nitrogens with one attached hydrogen (secondary N) is 2. The van der Waals surface area contributed by atoms with Crippen molar-refractivity contribution in [2.75, 3.05) is 49.8 Å². The van der Waals surface area contributed by atoms with Crippen LogP contribution >= 0.6 is 0 Å². The summed E-state index contributed by atoms with van der Waals surface area (Å²) < 4.78 is 7.57. The van der Waals surface area contributed by atoms with Gasteiger partial charge in [0.05, 0.1) is 24.2 Å². The number of fused-ring (bicyclic) bond motifs is 3. The van der Waals surface area contributed by atoms with Gasteiger partial charge in [0, 0.05) is 55.4 Å². The number of benzene rings is 2. The molecule has 1 amide bonds. The van der Waals surface area contributed by atoms with E-state index < -0.39 is 0 Å². The first kappa shape index (κ1) is 30.6. The van der Waals surface area contributed by atoms with Crippen LogP contribution in [0.1, 0.15) is 59.4 Å². The monoisotopic (exact) mass is 608 g/mol. The summed E-state index contributed by atoms with van der Waals surface area (Å²) in [5.41, 5.74) is 9.15. The number of aryl methyl sites for hydroxylation is 4. The van der Waals surface area contributed by atoms with E-state index in [0.717, 1.165) is 102 Å². The van der Waals surface area contributed by atoms with Gasteiger partial charge in [-0.1, -0.05) is 32.0 Å². The van der Waals surface area contributed by atoms with Crippen molar-refractivity contribution >= 4 is 28.9 Å². The van der Waals surface area contributed by atoms with Gasteiger partial charge in [0.15, 0.2) is 5.69 Å². The topological polar surface area (TPSA) is 100 Å². The molecule has 0 saturated carbocycles. The standard InChI is InChI=1S/C35H44N8O2/c1-7-22-10-9-11-23(8-2)30(22)38-34(44)32-27-14-12-24-21-36-35(39-31(24)33(27)42(5)40-32)37-28-15-13-26(20-29(28)45-6)43-18-16-25(17-19-43)41(3)4/h9-11,13,15,20-21,25H,7-8,12,14,16-19H2,1-6H3,(H,38,44)(H,36,37,39). The SMILES string of the molecule is CCc1cccc(CC)c1NC(=O)c1nn(C)c2c1CCc1cnc(Nc3ccc(N4CCC(N(C)C)CC4)cc3OC)nc1-2. The number of piperidine rings is 1. The Kier molecular flexibility index (Phi) is 8.76. The first-order chi connectivity index (χ1) is 21.8. The normalized spacial score (nSPS) is 14.7. The Morgan fingerprint density at radius 3 is 2.47 bits per heavy atom. The number of hydrogen-bond donors (Lipinski definition) is 2. The molecule has 3 heterocycles. The lowest BCUT2D eigenvalue weighted by Gasteiger charge is -2.36. The minimum Gasteiger partial charge on any atom is -0.494 e. The molecule has 2 N–H and O–H groups in total. The van der Waals surface area contributed by atoms with Crippen LogP contribution in [0.2, 0.25) is 0 Å². The van der Waals surface area contributed by atoms with Gasteiger partial charge >= 0.3 is 0 Å². The molecule has 0 unspecified atom stereocenters. The number of rotatable bonds is 9. The summed E-state index contributed by atoms with van der Waals surface area (Å²) in [5.74, 6) is 1.02. The largest absolute Gasteiger partial charge is 0.494 e. The van der Waals surface area contributed by atoms with Gasteiger partial charge in [0.25, 0.3) is 5.91 Å². The maximum atomic E-state index is 13.7. The summed E-state index contributed by atoms with van der Waals surface area (Å²) in [7, 11) is 7.88. The van der Waals surface area contributed by atoms with E-state index in [1.807, 2.05) is 19.3 Å². The molecule has 2 aliphatic rings. The third-order valence-electron chi connectivity index (χ3n) is 9.32. The molecule has 10 nitrogen and oxygen atoms in total. The Bertz CT molecular complexity index is 1680. The summed E-state index contributed by atoms with van der Waals surface area (Å²) in [5, 5.41) is 11.3. The van der Waals surface area contributed by atoms with Crippen LogP contribution in [-0.2, 0) is 32.7 Å². The fourth-order valence-corrected chi connectivity index (χ4v) is 6.71. The summed E-state index contributed by atoms with van der Waals surface area (Å²) in [6.07, 6.45) is 7.28. The summed E-state index contributed by atoms with van der Waals surface area (Å²) >= 11 is 0. The van der Waals surface area contributed by atoms with Gasteiger partial charge in [0.2, 0.25) is 5.95 Å². The van der Waals surface area contributed by atoms with Crippen LogP contribution in [0, 0.1) is 0 Å². The van der Waals surface area contributed by atoms with Gasteiger partial charge in [0.1, 0.15) is 5.75 Å². The minimum absolute atomic E-state index is 0.186. The molecular weight excluding hydrogens is 564 g/mol. The van der Waals surface area contributed by atoms with Crippen LogP contribution in [0.3, 0.4) is 0 Å². The highest BCUT2D eigenvalue weighted by atomic mass is 16.5. The molecule has 2 aromatic carbocycles. The highest BCUT2D eigenvalue weighted by Crippen LogP contribution is 2.37. The molecular formula is C35H44N8O2. The molecule has 236 valence electrons. The van der Waals surface area contributed by atoms with Crippen LogP contribution < -0.4 is 20.3 Å². The Morgan fingerprint density at radius 2 is 1.80 bits per heavy atom. The fourth-order valence-electron chi connectivity index (χ4n) is 6.71. The van der Waals surface area contributed by atoms with Crippen molar-refractivity contribution < 1.29 is 9.53 Å². The van der Waals surface area contributed by atoms with Crippen LogP contribution in [0.4, 0.5) is 23.0 Å². The Morgan fingerprint density at radius 1 is 1.07 bits per heavy atom. The quantitative estimate of drug-likeness (QED) is 0.252. The van der Waals surface area contributed by atoms with Crippen molar-refractivity contribution in [3.8, 4) is 17.1 Å². The van der Waals surface area contributed by atoms with Gasteiger partial charge in [-0.05, 0) is 81.4 Å². The van der Waals surface area contributed by atoms with Crippen molar-refractivity contribution in [3.05, 3.63) is 70.5 Å². The fraction of sp³-hybridized carbons (Fsp3) is 0.429. The lowest BCUT2D eigenvalue weighted by Crippen LogP contribution is -2.41. The molecule has 1 aliphatic heterocycles. The second-order valence-corrected chi connectivity index (χ2v) is 12.2. The molecule has 2 aromatic heterocycles. The smallest absolute Gasteiger partial charge is 0.276 e. The number of para-hydroxylation sites is 1. The third-order valence-corrected chi connectivity index (χ3v) is 9.32. The van der Waals surface area contributed by atoms with Gasteiger partial charge < -0.3 is 25.2 Å². The highest BCUT2D eigenvalue weighted by Gasteiger charge is 2.30. The molecule has 45 heavy (non-hydrogen) atoms. The van der Waals surface area contributed by atoms with Gasteiger partial charge in [-0.3, -0.25) is 9.48 Å². The molecule has 1 aliphatic carbocycles. The average molecular weight is 609 g/mol. The van der Waals surface area contributed by atoms with E-state index >= 15 is 0 Å². The van der Waals surface area contributed by atoms with E-state index in [0.29, 0.717) is 24.1 Å². The molecule has 4 aromatic rings. The highest BCUT2D eigenvalue weighted by molar-refractivity contribution is 6.06. The number of anilines is 4. The van der Waals surface area contributed by atoms with E-state index in [4.69, 9.17) is 14.8 Å². The Hall–Kier alpha value is -4.44. The van der Waals surface area contributed by atoms with E-state index in [9.17, 15) is 4.79 Å². The maximum Gasteiger partial charge on any atom is 0.276 e. The summed E-state index contributed by atoms with van der Waals surface area (Å²) in [4.78, 5) is 28.0. The predicted octanol–water partition coefficient (Wildman–Crippen LogP) is 5.64. The minimum atomic E-state index is -0.186. The zero-order valence-electron chi connectivity index (χ0n) is 27.3. The molecule has 1 fully saturated rings. The molecule has 0 bridgehead atoms. The Balaban J connectivity index is 1.25. The summed E-state index contributed by atoms with van der Waals surface area (Å²) in [6.45, 7) is 6.25. The van der Waals surface area contributed by atoms with Crippen LogP contribution in [0.25, 0.3) is 11.4 Å². The lowest BCUT2D eigenvalue weighted by atomic mass is 9.93. The van der Waals surface area contributed by atoms with Gasteiger partial charge in [-0.2, -0.15) is 5.10 Å². The second kappa shape index (κ2) is 12.9. The van der Waals surface area contributed by atoms with Crippen LogP contribution in [-0.4, -0.2) is 70.9 Å². The zero-order chi connectivity index (χ0) is 31.7. The Labute approximate surface area is 265 Å². The van der Waals surface area contributed by atoms with Crippen LogP contribution in [0.15, 0.2) is 42.6 Å². The maximum absolute atomic E-state index is 13.7. The number of carbonyl (C=O) groups is 1. The number of amides is 1. The number of methoxy groups -OCH3 is 1. The average Bonchev–Trinajstić information content (AvgIpc) is 3.41. The lowest BCUT2D eigenvalue weighted by molar-refractivity contribution is 0.102. The summed E-state index contributed by atoms with van der Waals surface area (Å²) in [6, 6.07) is 13.1. The molecule has 6 rings (SSSR count). The van der Waals surface area contributed by atoms with Gasteiger partial charge in [-0.15, -0.1) is 0 Å².